The Bertz CT molecular complexity index is 158. The molecule has 1 aliphatic heterocycles. The summed E-state index contributed by atoms with van der Waals surface area (Å²) in [7, 11) is 1.89. The Balaban J connectivity index is 2.43. The van der Waals surface area contributed by atoms with Gasteiger partial charge in [0.2, 0.25) is 0 Å². The Labute approximate surface area is 54.9 Å². The number of aliphatic imine (C=N–C) groups is 2. The van der Waals surface area contributed by atoms with Gasteiger partial charge >= 0.3 is 0 Å². The van der Waals surface area contributed by atoms with Gasteiger partial charge in [0, 0.05) is 5.71 Å². The molecule has 0 spiro atoms. The van der Waals surface area contributed by atoms with E-state index in [-0.39, 0.29) is 0 Å². The summed E-state index contributed by atoms with van der Waals surface area (Å²) in [4.78, 5) is 8.34. The maximum absolute atomic E-state index is 4.18. The fourth-order valence-electron chi connectivity index (χ4n) is 0.750. The third kappa shape index (κ3) is 1.61. The minimum atomic E-state index is 0.789. The van der Waals surface area contributed by atoms with Crippen molar-refractivity contribution in [2.24, 2.45) is 9.98 Å². The molecule has 3 nitrogen and oxygen atoms in total. The SMILES string of the molecule is CNCC1=NCC(C)=N1. The topological polar surface area (TPSA) is 36.8 Å². The lowest BCUT2D eigenvalue weighted by Gasteiger charge is -1.91. The standard InChI is InChI=1S/C6H11N3/c1-5-3-8-6(9-5)4-7-2/h7H,3-4H2,1-2H3. The van der Waals surface area contributed by atoms with E-state index >= 15 is 0 Å². The highest BCUT2D eigenvalue weighted by Crippen LogP contribution is 1.93. The average molecular weight is 125 g/mol. The fraction of sp³-hybridized carbons (Fsp3) is 0.667. The van der Waals surface area contributed by atoms with Crippen LogP contribution in [0.25, 0.3) is 0 Å². The van der Waals surface area contributed by atoms with Gasteiger partial charge < -0.3 is 5.32 Å². The minimum absolute atomic E-state index is 0.789. The molecule has 0 saturated heterocycles. The summed E-state index contributed by atoms with van der Waals surface area (Å²) in [6, 6.07) is 0. The van der Waals surface area contributed by atoms with Gasteiger partial charge in [0.15, 0.2) is 0 Å². The summed E-state index contributed by atoms with van der Waals surface area (Å²) in [6.07, 6.45) is 0. The van der Waals surface area contributed by atoms with Crippen molar-refractivity contribution >= 4 is 11.5 Å². The van der Waals surface area contributed by atoms with Crippen molar-refractivity contribution in [2.75, 3.05) is 20.1 Å². The van der Waals surface area contributed by atoms with E-state index in [1.807, 2.05) is 14.0 Å². The Morgan fingerprint density at radius 1 is 1.67 bits per heavy atom. The Morgan fingerprint density at radius 2 is 2.44 bits per heavy atom. The highest BCUT2D eigenvalue weighted by molar-refractivity contribution is 6.03. The van der Waals surface area contributed by atoms with Crippen LogP contribution in [-0.2, 0) is 0 Å². The second-order valence-corrected chi connectivity index (χ2v) is 2.11. The predicted molar refractivity (Wildman–Crippen MR) is 39.3 cm³/mol. The maximum atomic E-state index is 4.18. The molecule has 0 aromatic heterocycles. The summed E-state index contributed by atoms with van der Waals surface area (Å²) < 4.78 is 0. The van der Waals surface area contributed by atoms with E-state index in [1.165, 1.54) is 0 Å². The first-order valence-electron chi connectivity index (χ1n) is 3.05. The summed E-state index contributed by atoms with van der Waals surface area (Å²) in [5.41, 5.74) is 1.11. The van der Waals surface area contributed by atoms with Crippen molar-refractivity contribution in [3.05, 3.63) is 0 Å². The van der Waals surface area contributed by atoms with Crippen LogP contribution in [0.4, 0.5) is 0 Å². The first-order chi connectivity index (χ1) is 4.33. The summed E-state index contributed by atoms with van der Waals surface area (Å²) in [6.45, 7) is 3.57. The Morgan fingerprint density at radius 3 is 2.89 bits per heavy atom. The smallest absolute Gasteiger partial charge is 0.137 e. The molecule has 0 unspecified atom stereocenters. The number of likely N-dealkylation sites (N-methyl/N-ethyl adjacent to an activating group) is 1. The molecule has 1 heterocycles. The van der Waals surface area contributed by atoms with Crippen LogP contribution in [0, 0.1) is 0 Å². The van der Waals surface area contributed by atoms with Crippen LogP contribution in [0.2, 0.25) is 0 Å². The monoisotopic (exact) mass is 125 g/mol. The number of nitrogens with one attached hydrogen (secondary N) is 1. The van der Waals surface area contributed by atoms with Gasteiger partial charge in [0.25, 0.3) is 0 Å². The molecule has 0 fully saturated rings. The molecule has 0 radical (unpaired) electrons. The number of rotatable bonds is 2. The third-order valence-electron chi connectivity index (χ3n) is 1.15. The van der Waals surface area contributed by atoms with Crippen molar-refractivity contribution in [1.29, 1.82) is 0 Å². The van der Waals surface area contributed by atoms with Gasteiger partial charge in [-0.05, 0) is 14.0 Å². The molecule has 0 aromatic rings. The number of hydrogen-bond acceptors (Lipinski definition) is 3. The first-order valence-corrected chi connectivity index (χ1v) is 3.05. The molecule has 1 N–H and O–H groups in total. The van der Waals surface area contributed by atoms with Gasteiger partial charge in [-0.15, -0.1) is 0 Å². The second kappa shape index (κ2) is 2.73. The van der Waals surface area contributed by atoms with Gasteiger partial charge in [-0.25, -0.2) is 4.99 Å². The van der Waals surface area contributed by atoms with E-state index in [2.05, 4.69) is 15.3 Å². The van der Waals surface area contributed by atoms with Crippen molar-refractivity contribution in [1.82, 2.24) is 5.32 Å². The Hall–Kier alpha value is -0.700. The van der Waals surface area contributed by atoms with Crippen LogP contribution < -0.4 is 5.32 Å². The van der Waals surface area contributed by atoms with E-state index in [0.29, 0.717) is 0 Å². The van der Waals surface area contributed by atoms with Crippen LogP contribution in [-0.4, -0.2) is 31.7 Å². The highest BCUT2D eigenvalue weighted by Gasteiger charge is 2.02. The molecule has 1 aliphatic rings. The summed E-state index contributed by atoms with van der Waals surface area (Å²) >= 11 is 0. The van der Waals surface area contributed by atoms with Gasteiger partial charge in [0.05, 0.1) is 13.1 Å². The zero-order chi connectivity index (χ0) is 6.69. The fourth-order valence-corrected chi connectivity index (χ4v) is 0.750. The molecule has 0 aromatic carbocycles. The second-order valence-electron chi connectivity index (χ2n) is 2.11. The molecule has 9 heavy (non-hydrogen) atoms. The van der Waals surface area contributed by atoms with Crippen LogP contribution in [0.3, 0.4) is 0 Å². The average Bonchev–Trinajstić information content (AvgIpc) is 2.17. The summed E-state index contributed by atoms with van der Waals surface area (Å²) in [5, 5.41) is 2.99. The van der Waals surface area contributed by atoms with Crippen molar-refractivity contribution in [2.45, 2.75) is 6.92 Å². The molecule has 0 bridgehead atoms. The summed E-state index contributed by atoms with van der Waals surface area (Å²) in [5.74, 6) is 0.926. The normalized spacial score (nSPS) is 17.6. The lowest BCUT2D eigenvalue weighted by Crippen LogP contribution is -2.15. The lowest BCUT2D eigenvalue weighted by molar-refractivity contribution is 0.940. The van der Waals surface area contributed by atoms with Gasteiger partial charge in [-0.2, -0.15) is 0 Å². The van der Waals surface area contributed by atoms with Gasteiger partial charge in [0.1, 0.15) is 5.84 Å². The van der Waals surface area contributed by atoms with Crippen molar-refractivity contribution in [3.63, 3.8) is 0 Å². The van der Waals surface area contributed by atoms with Crippen LogP contribution in [0.5, 0.6) is 0 Å². The number of hydrogen-bond donors (Lipinski definition) is 1. The molecule has 50 valence electrons. The van der Waals surface area contributed by atoms with Crippen LogP contribution in [0.15, 0.2) is 9.98 Å². The van der Waals surface area contributed by atoms with E-state index in [4.69, 9.17) is 0 Å². The quantitative estimate of drug-likeness (QED) is 0.557. The van der Waals surface area contributed by atoms with Crippen LogP contribution in [0.1, 0.15) is 6.92 Å². The highest BCUT2D eigenvalue weighted by atomic mass is 15.0. The van der Waals surface area contributed by atoms with Crippen molar-refractivity contribution < 1.29 is 0 Å². The van der Waals surface area contributed by atoms with E-state index in [9.17, 15) is 0 Å². The van der Waals surface area contributed by atoms with E-state index in [0.717, 1.165) is 24.6 Å². The predicted octanol–water partition coefficient (Wildman–Crippen LogP) is 0.0788. The minimum Gasteiger partial charge on any atom is -0.313 e. The largest absolute Gasteiger partial charge is 0.313 e. The van der Waals surface area contributed by atoms with Crippen LogP contribution >= 0.6 is 0 Å². The van der Waals surface area contributed by atoms with Crippen molar-refractivity contribution in [3.8, 4) is 0 Å². The van der Waals surface area contributed by atoms with E-state index < -0.39 is 0 Å². The molecular weight excluding hydrogens is 114 g/mol. The van der Waals surface area contributed by atoms with E-state index in [1.54, 1.807) is 0 Å². The first kappa shape index (κ1) is 6.42. The molecule has 0 amide bonds. The maximum Gasteiger partial charge on any atom is 0.137 e. The zero-order valence-corrected chi connectivity index (χ0v) is 5.81. The molecule has 0 saturated carbocycles. The molecular formula is C6H11N3. The van der Waals surface area contributed by atoms with Gasteiger partial charge in [-0.3, -0.25) is 4.99 Å². The number of amidine groups is 1. The molecule has 0 aliphatic carbocycles. The molecule has 1 rings (SSSR count). The zero-order valence-electron chi connectivity index (χ0n) is 5.81. The number of nitrogens with zero attached hydrogens (tertiary/aromatic N) is 2. The molecule has 3 heteroatoms. The third-order valence-corrected chi connectivity index (χ3v) is 1.15. The molecule has 0 atom stereocenters. The lowest BCUT2D eigenvalue weighted by atomic mass is 10.4. The van der Waals surface area contributed by atoms with Gasteiger partial charge in [-0.1, -0.05) is 0 Å². The Kier molecular flexibility index (Phi) is 1.95.